The summed E-state index contributed by atoms with van der Waals surface area (Å²) in [4.78, 5) is 35.7. The average Bonchev–Trinajstić information content (AvgIpc) is 2.81. The lowest BCUT2D eigenvalue weighted by Gasteiger charge is -2.13. The van der Waals surface area contributed by atoms with Crippen LogP contribution in [0.3, 0.4) is 0 Å². The van der Waals surface area contributed by atoms with Crippen molar-refractivity contribution in [3.05, 3.63) is 65.2 Å². The van der Waals surface area contributed by atoms with E-state index in [0.717, 1.165) is 24.0 Å². The van der Waals surface area contributed by atoms with E-state index in [1.54, 1.807) is 0 Å². The molecule has 0 aliphatic heterocycles. The molecule has 0 fully saturated rings. The number of amides is 2. The lowest BCUT2D eigenvalue weighted by molar-refractivity contribution is -0.143. The van der Waals surface area contributed by atoms with Crippen LogP contribution in [0.4, 0.5) is 0 Å². The van der Waals surface area contributed by atoms with Gasteiger partial charge in [0.15, 0.2) is 11.7 Å². The molecule has 0 unspecified atom stereocenters. The minimum Gasteiger partial charge on any atom is -0.483 e. The van der Waals surface area contributed by atoms with Gasteiger partial charge in [0.1, 0.15) is 5.75 Å². The molecule has 9 heteroatoms. The van der Waals surface area contributed by atoms with E-state index < -0.39 is 5.91 Å². The monoisotopic (exact) mass is 485 g/mol. The Morgan fingerprint density at radius 2 is 1.56 bits per heavy atom. The highest BCUT2D eigenvalue weighted by Gasteiger charge is 2.10. The predicted molar refractivity (Wildman–Crippen MR) is 133 cm³/mol. The van der Waals surface area contributed by atoms with Crippen LogP contribution < -0.4 is 20.9 Å². The summed E-state index contributed by atoms with van der Waals surface area (Å²) in [5.41, 5.74) is 7.88. The van der Waals surface area contributed by atoms with E-state index in [-0.39, 0.29) is 36.4 Å². The van der Waals surface area contributed by atoms with Crippen LogP contribution >= 0.6 is 12.2 Å². The molecule has 2 aromatic carbocycles. The van der Waals surface area contributed by atoms with Crippen LogP contribution in [-0.4, -0.2) is 36.1 Å². The summed E-state index contributed by atoms with van der Waals surface area (Å²) in [6.07, 6.45) is 2.17. The van der Waals surface area contributed by atoms with Gasteiger partial charge in [-0.3, -0.25) is 25.2 Å². The molecule has 182 valence electrons. The number of thiocarbonyl (C=S) groups is 1. The molecule has 2 rings (SSSR count). The number of esters is 1. The number of nitrogens with one attached hydrogen (secondary N) is 3. The molecule has 0 saturated heterocycles. The zero-order valence-corrected chi connectivity index (χ0v) is 20.3. The Balaban J connectivity index is 1.52. The molecule has 2 amide bonds. The minimum absolute atomic E-state index is 0.0473. The molecular weight excluding hydrogens is 454 g/mol. The van der Waals surface area contributed by atoms with Gasteiger partial charge in [-0.05, 0) is 62.0 Å². The van der Waals surface area contributed by atoms with Crippen LogP contribution in [0.2, 0.25) is 0 Å². The fraction of sp³-hybridized carbons (Fsp3) is 0.360. The third-order valence-corrected chi connectivity index (χ3v) is 5.03. The van der Waals surface area contributed by atoms with Crippen molar-refractivity contribution in [3.8, 4) is 5.75 Å². The number of rotatable bonds is 11. The van der Waals surface area contributed by atoms with Crippen LogP contribution in [-0.2, 0) is 25.5 Å². The van der Waals surface area contributed by atoms with Crippen molar-refractivity contribution >= 4 is 35.1 Å². The molecule has 0 aliphatic carbocycles. The molecule has 8 nitrogen and oxygen atoms in total. The Kier molecular flexibility index (Phi) is 11.5. The van der Waals surface area contributed by atoms with Crippen molar-refractivity contribution in [1.82, 2.24) is 16.2 Å². The van der Waals surface area contributed by atoms with Gasteiger partial charge in [-0.2, -0.15) is 0 Å². The van der Waals surface area contributed by atoms with Gasteiger partial charge in [0.2, 0.25) is 5.91 Å². The number of benzene rings is 2. The first kappa shape index (κ1) is 26.8. The molecule has 3 N–H and O–H groups in total. The second kappa shape index (κ2) is 14.6. The third-order valence-electron chi connectivity index (χ3n) is 4.83. The number of ether oxygens (including phenoxy) is 2. The van der Waals surface area contributed by atoms with Gasteiger partial charge < -0.3 is 14.8 Å². The van der Waals surface area contributed by atoms with Crippen LogP contribution in [0, 0.1) is 13.8 Å². The minimum atomic E-state index is -0.450. The molecule has 0 radical (unpaired) electrons. The van der Waals surface area contributed by atoms with Gasteiger partial charge in [-0.1, -0.05) is 48.5 Å². The summed E-state index contributed by atoms with van der Waals surface area (Å²) in [5.74, 6) is -0.495. The molecule has 0 heterocycles. The van der Waals surface area contributed by atoms with Gasteiger partial charge in [0.05, 0.1) is 6.61 Å². The van der Waals surface area contributed by atoms with Gasteiger partial charge >= 0.3 is 5.97 Å². The largest absolute Gasteiger partial charge is 0.483 e. The Bertz CT molecular complexity index is 962. The van der Waals surface area contributed by atoms with Crippen molar-refractivity contribution in [2.45, 2.75) is 46.0 Å². The molecular formula is C25H31N3O5S. The number of carbonyl (C=O) groups is 3. The normalized spacial score (nSPS) is 10.2. The smallest absolute Gasteiger partial charge is 0.305 e. The number of hydrazine groups is 1. The van der Waals surface area contributed by atoms with Crippen molar-refractivity contribution in [2.24, 2.45) is 0 Å². The second-order valence-electron chi connectivity index (χ2n) is 7.72. The Hall–Kier alpha value is -3.46. The Labute approximate surface area is 205 Å². The van der Waals surface area contributed by atoms with E-state index in [1.807, 2.05) is 62.4 Å². The van der Waals surface area contributed by atoms with Crippen LogP contribution in [0.15, 0.2) is 48.5 Å². The summed E-state index contributed by atoms with van der Waals surface area (Å²) in [6.45, 7) is 3.94. The maximum atomic E-state index is 12.0. The first-order valence-electron chi connectivity index (χ1n) is 11.1. The van der Waals surface area contributed by atoms with Crippen molar-refractivity contribution in [1.29, 1.82) is 0 Å². The zero-order chi connectivity index (χ0) is 24.8. The predicted octanol–water partition coefficient (Wildman–Crippen LogP) is 3.05. The molecule has 2 aromatic rings. The van der Waals surface area contributed by atoms with Gasteiger partial charge in [0, 0.05) is 12.8 Å². The first-order valence-corrected chi connectivity index (χ1v) is 11.5. The summed E-state index contributed by atoms with van der Waals surface area (Å²) >= 11 is 4.99. The summed E-state index contributed by atoms with van der Waals surface area (Å²) in [5, 5.41) is 2.40. The molecule has 0 bridgehead atoms. The van der Waals surface area contributed by atoms with E-state index in [4.69, 9.17) is 21.7 Å². The summed E-state index contributed by atoms with van der Waals surface area (Å²) < 4.78 is 10.7. The number of para-hydroxylation sites is 1. The highest BCUT2D eigenvalue weighted by molar-refractivity contribution is 7.80. The Morgan fingerprint density at radius 1 is 0.853 bits per heavy atom. The molecule has 0 saturated carbocycles. The van der Waals surface area contributed by atoms with E-state index in [9.17, 15) is 14.4 Å². The molecule has 0 aliphatic rings. The lowest BCUT2D eigenvalue weighted by Crippen LogP contribution is -2.49. The van der Waals surface area contributed by atoms with Crippen LogP contribution in [0.5, 0.6) is 5.75 Å². The van der Waals surface area contributed by atoms with Gasteiger partial charge in [-0.25, -0.2) is 0 Å². The van der Waals surface area contributed by atoms with E-state index >= 15 is 0 Å². The Morgan fingerprint density at radius 3 is 2.26 bits per heavy atom. The number of carbonyl (C=O) groups excluding carboxylic acids is 3. The maximum Gasteiger partial charge on any atom is 0.305 e. The summed E-state index contributed by atoms with van der Waals surface area (Å²) in [7, 11) is 0. The number of hydrogen-bond donors (Lipinski definition) is 3. The van der Waals surface area contributed by atoms with Crippen LogP contribution in [0.25, 0.3) is 0 Å². The van der Waals surface area contributed by atoms with Crippen molar-refractivity contribution in [2.75, 3.05) is 13.2 Å². The van der Waals surface area contributed by atoms with Crippen LogP contribution in [0.1, 0.15) is 42.4 Å². The highest BCUT2D eigenvalue weighted by Crippen LogP contribution is 2.21. The third kappa shape index (κ3) is 10.4. The molecule has 0 atom stereocenters. The van der Waals surface area contributed by atoms with E-state index in [2.05, 4.69) is 16.2 Å². The average molecular weight is 486 g/mol. The topological polar surface area (TPSA) is 106 Å². The summed E-state index contributed by atoms with van der Waals surface area (Å²) in [6, 6.07) is 15.7. The fourth-order valence-corrected chi connectivity index (χ4v) is 3.28. The van der Waals surface area contributed by atoms with Gasteiger partial charge in [0.25, 0.3) is 5.91 Å². The molecule has 0 spiro atoms. The van der Waals surface area contributed by atoms with Crippen molar-refractivity contribution < 1.29 is 23.9 Å². The van der Waals surface area contributed by atoms with Crippen molar-refractivity contribution in [3.63, 3.8) is 0 Å². The van der Waals surface area contributed by atoms with E-state index in [1.165, 1.54) is 5.56 Å². The number of aryl methyl sites for hydroxylation is 3. The first-order chi connectivity index (χ1) is 16.3. The van der Waals surface area contributed by atoms with E-state index in [0.29, 0.717) is 18.8 Å². The molecule has 34 heavy (non-hydrogen) atoms. The quantitative estimate of drug-likeness (QED) is 0.194. The van der Waals surface area contributed by atoms with Gasteiger partial charge in [-0.15, -0.1) is 0 Å². The maximum absolute atomic E-state index is 12.0. The standard InChI is InChI=1S/C25H31N3O5S/c1-18-9-6-10-19(2)24(18)33-17-22(30)27-28-25(34)26-21(29)14-7-15-23(31)32-16-8-13-20-11-4-3-5-12-20/h3-6,9-12H,7-8,13-17H2,1-2H3,(H,27,30)(H2,26,28,29,34). The number of hydrogen-bond acceptors (Lipinski definition) is 6. The fourth-order valence-electron chi connectivity index (χ4n) is 3.12. The second-order valence-corrected chi connectivity index (χ2v) is 8.13. The molecule has 0 aromatic heterocycles. The zero-order valence-electron chi connectivity index (χ0n) is 19.5. The lowest BCUT2D eigenvalue weighted by atomic mass is 10.1. The highest BCUT2D eigenvalue weighted by atomic mass is 32.1. The SMILES string of the molecule is Cc1cccc(C)c1OCC(=O)NNC(=S)NC(=O)CCCC(=O)OCCCc1ccccc1.